The number of hydrogen-bond acceptors (Lipinski definition) is 6. The second-order valence-corrected chi connectivity index (χ2v) is 5.45. The number of amides is 3. The molecule has 110 valence electrons. The summed E-state index contributed by atoms with van der Waals surface area (Å²) in [6.07, 6.45) is 1.43. The number of nitrogens with one attached hydrogen (secondary N) is 1. The summed E-state index contributed by atoms with van der Waals surface area (Å²) in [5, 5.41) is 6.39. The van der Waals surface area contributed by atoms with Crippen molar-refractivity contribution in [1.82, 2.24) is 20.4 Å². The first kappa shape index (κ1) is 14.4. The molecule has 1 aromatic rings. The van der Waals surface area contributed by atoms with Crippen molar-refractivity contribution in [3.05, 3.63) is 11.7 Å². The summed E-state index contributed by atoms with van der Waals surface area (Å²) in [5.41, 5.74) is 5.12. The molecule has 0 aliphatic carbocycles. The molecule has 1 unspecified atom stereocenters. The summed E-state index contributed by atoms with van der Waals surface area (Å²) in [4.78, 5) is 29.0. The molecule has 1 aromatic heterocycles. The van der Waals surface area contributed by atoms with Gasteiger partial charge in [-0.25, -0.2) is 4.79 Å². The predicted molar refractivity (Wildman–Crippen MR) is 69.3 cm³/mol. The van der Waals surface area contributed by atoms with Crippen LogP contribution in [-0.4, -0.2) is 33.0 Å². The molecule has 1 aliphatic heterocycles. The summed E-state index contributed by atoms with van der Waals surface area (Å²) in [5.74, 6) is 0.271. The van der Waals surface area contributed by atoms with Crippen LogP contribution >= 0.6 is 0 Å². The van der Waals surface area contributed by atoms with Crippen molar-refractivity contribution in [3.63, 3.8) is 0 Å². The fourth-order valence-corrected chi connectivity index (χ4v) is 1.93. The second kappa shape index (κ2) is 5.20. The highest BCUT2D eigenvalue weighted by molar-refractivity contribution is 6.04. The second-order valence-electron chi connectivity index (χ2n) is 5.45. The van der Waals surface area contributed by atoms with Crippen LogP contribution in [0.5, 0.6) is 0 Å². The van der Waals surface area contributed by atoms with Crippen molar-refractivity contribution in [1.29, 1.82) is 0 Å². The third-order valence-corrected chi connectivity index (χ3v) is 3.02. The molecule has 1 atom stereocenters. The predicted octanol–water partition coefficient (Wildman–Crippen LogP) is 0.484. The highest BCUT2D eigenvalue weighted by Crippen LogP contribution is 2.16. The van der Waals surface area contributed by atoms with Gasteiger partial charge < -0.3 is 15.6 Å². The first-order valence-electron chi connectivity index (χ1n) is 6.56. The number of carbonyl (C=O) groups excluding carboxylic acids is 2. The van der Waals surface area contributed by atoms with Gasteiger partial charge >= 0.3 is 6.03 Å². The standard InChI is InChI=1S/C12H19N5O3/c1-4-5-7-9(18)17(11(19)14-7)6-8-15-10(16-20-8)12(2,3)13/h7H,4-6,13H2,1-3H3,(H,14,19). The summed E-state index contributed by atoms with van der Waals surface area (Å²) >= 11 is 0. The van der Waals surface area contributed by atoms with E-state index in [0.29, 0.717) is 12.2 Å². The summed E-state index contributed by atoms with van der Waals surface area (Å²) in [7, 11) is 0. The van der Waals surface area contributed by atoms with Crippen molar-refractivity contribution >= 4 is 11.9 Å². The largest absolute Gasteiger partial charge is 0.337 e. The fourth-order valence-electron chi connectivity index (χ4n) is 1.93. The zero-order valence-electron chi connectivity index (χ0n) is 11.8. The topological polar surface area (TPSA) is 114 Å². The number of urea groups is 1. The highest BCUT2D eigenvalue weighted by atomic mass is 16.5. The minimum atomic E-state index is -0.732. The molecule has 3 N–H and O–H groups in total. The van der Waals surface area contributed by atoms with Crippen LogP contribution in [0.4, 0.5) is 4.79 Å². The van der Waals surface area contributed by atoms with Gasteiger partial charge in [0.25, 0.3) is 5.91 Å². The molecular weight excluding hydrogens is 262 g/mol. The first-order valence-corrected chi connectivity index (χ1v) is 6.56. The number of aromatic nitrogens is 2. The number of nitrogens with two attached hydrogens (primary N) is 1. The lowest BCUT2D eigenvalue weighted by molar-refractivity contribution is -0.128. The third kappa shape index (κ3) is 2.79. The van der Waals surface area contributed by atoms with Gasteiger partial charge in [0, 0.05) is 0 Å². The normalized spacial score (nSPS) is 19.6. The van der Waals surface area contributed by atoms with E-state index in [9.17, 15) is 9.59 Å². The lowest BCUT2D eigenvalue weighted by atomic mass is 10.1. The Labute approximate surface area is 116 Å². The van der Waals surface area contributed by atoms with Crippen molar-refractivity contribution in [2.45, 2.75) is 51.7 Å². The van der Waals surface area contributed by atoms with Crippen molar-refractivity contribution in [2.75, 3.05) is 0 Å². The third-order valence-electron chi connectivity index (χ3n) is 3.02. The Morgan fingerprint density at radius 1 is 1.45 bits per heavy atom. The van der Waals surface area contributed by atoms with Gasteiger partial charge in [-0.3, -0.25) is 9.69 Å². The zero-order valence-corrected chi connectivity index (χ0v) is 11.8. The van der Waals surface area contributed by atoms with Gasteiger partial charge in [-0.1, -0.05) is 18.5 Å². The first-order chi connectivity index (χ1) is 9.32. The average molecular weight is 281 g/mol. The van der Waals surface area contributed by atoms with Crippen LogP contribution in [0, 0.1) is 0 Å². The van der Waals surface area contributed by atoms with Gasteiger partial charge in [-0.2, -0.15) is 4.98 Å². The van der Waals surface area contributed by atoms with E-state index in [1.54, 1.807) is 13.8 Å². The van der Waals surface area contributed by atoms with E-state index in [1.807, 2.05) is 6.92 Å². The molecule has 1 aliphatic rings. The maximum Gasteiger partial charge on any atom is 0.325 e. The van der Waals surface area contributed by atoms with Crippen molar-refractivity contribution in [2.24, 2.45) is 5.73 Å². The molecule has 0 aromatic carbocycles. The monoisotopic (exact) mass is 281 g/mol. The van der Waals surface area contributed by atoms with Crippen molar-refractivity contribution < 1.29 is 14.1 Å². The van der Waals surface area contributed by atoms with E-state index < -0.39 is 17.6 Å². The smallest absolute Gasteiger partial charge is 0.325 e. The maximum atomic E-state index is 12.0. The summed E-state index contributed by atoms with van der Waals surface area (Å²) in [6.45, 7) is 5.41. The van der Waals surface area contributed by atoms with Crippen LogP contribution in [-0.2, 0) is 16.9 Å². The summed E-state index contributed by atoms with van der Waals surface area (Å²) < 4.78 is 5.03. The van der Waals surface area contributed by atoms with Gasteiger partial charge in [0.15, 0.2) is 5.82 Å². The number of rotatable bonds is 5. The Kier molecular flexibility index (Phi) is 3.76. The minimum Gasteiger partial charge on any atom is -0.337 e. The zero-order chi connectivity index (χ0) is 14.9. The maximum absolute atomic E-state index is 12.0. The van der Waals surface area contributed by atoms with E-state index in [1.165, 1.54) is 0 Å². The van der Waals surface area contributed by atoms with Crippen LogP contribution < -0.4 is 11.1 Å². The van der Waals surface area contributed by atoms with E-state index >= 15 is 0 Å². The molecule has 0 spiro atoms. The van der Waals surface area contributed by atoms with Crippen molar-refractivity contribution in [3.8, 4) is 0 Å². The average Bonchev–Trinajstić information content (AvgIpc) is 2.91. The van der Waals surface area contributed by atoms with E-state index in [0.717, 1.165) is 11.3 Å². The Morgan fingerprint density at radius 3 is 2.70 bits per heavy atom. The lowest BCUT2D eigenvalue weighted by Crippen LogP contribution is -2.32. The number of nitrogens with zero attached hydrogens (tertiary/aromatic N) is 3. The van der Waals surface area contributed by atoms with E-state index in [4.69, 9.17) is 10.3 Å². The molecule has 8 heteroatoms. The highest BCUT2D eigenvalue weighted by Gasteiger charge is 2.38. The van der Waals surface area contributed by atoms with Crippen LogP contribution in [0.15, 0.2) is 4.52 Å². The molecule has 20 heavy (non-hydrogen) atoms. The molecule has 0 bridgehead atoms. The molecule has 1 saturated heterocycles. The quantitative estimate of drug-likeness (QED) is 0.759. The Morgan fingerprint density at radius 2 is 2.15 bits per heavy atom. The molecule has 2 heterocycles. The molecule has 2 rings (SSSR count). The van der Waals surface area contributed by atoms with Gasteiger partial charge in [-0.05, 0) is 20.3 Å². The molecule has 0 radical (unpaired) electrons. The van der Waals surface area contributed by atoms with Crippen LogP contribution in [0.1, 0.15) is 45.3 Å². The molecule has 3 amide bonds. The summed E-state index contributed by atoms with van der Waals surface area (Å²) in [6, 6.07) is -0.888. The Hall–Kier alpha value is -1.96. The number of carbonyl (C=O) groups is 2. The Bertz CT molecular complexity index is 519. The lowest BCUT2D eigenvalue weighted by Gasteiger charge is -2.12. The molecule has 0 saturated carbocycles. The van der Waals surface area contributed by atoms with Gasteiger partial charge in [0.05, 0.1) is 5.54 Å². The fraction of sp³-hybridized carbons (Fsp3) is 0.667. The molecule has 1 fully saturated rings. The minimum absolute atomic E-state index is 0.0338. The van der Waals surface area contributed by atoms with Gasteiger partial charge in [-0.15, -0.1) is 0 Å². The SMILES string of the molecule is CCCC1NC(=O)N(Cc2nc(C(C)(C)N)no2)C1=O. The molecule has 8 nitrogen and oxygen atoms in total. The Balaban J connectivity index is 2.08. The van der Waals surface area contributed by atoms with Gasteiger partial charge in [0.2, 0.25) is 5.89 Å². The van der Waals surface area contributed by atoms with Crippen LogP contribution in [0.2, 0.25) is 0 Å². The number of imide groups is 1. The van der Waals surface area contributed by atoms with E-state index in [2.05, 4.69) is 15.5 Å². The number of hydrogen-bond donors (Lipinski definition) is 2. The van der Waals surface area contributed by atoms with Gasteiger partial charge in [0.1, 0.15) is 12.6 Å². The van der Waals surface area contributed by atoms with Crippen LogP contribution in [0.3, 0.4) is 0 Å². The van der Waals surface area contributed by atoms with E-state index in [-0.39, 0.29) is 18.3 Å². The molecular formula is C12H19N5O3. The van der Waals surface area contributed by atoms with Crippen LogP contribution in [0.25, 0.3) is 0 Å².